The molecule has 4 N–H and O–H groups in total. The van der Waals surface area contributed by atoms with Gasteiger partial charge in [0.25, 0.3) is 5.91 Å². The SMILES string of the molecule is CCC(Oc1cc(C)c(S(N)(=O)=O)cc1[N+](=O)[O-])C(N)=O. The van der Waals surface area contributed by atoms with Crippen LogP contribution in [-0.4, -0.2) is 25.4 Å². The minimum absolute atomic E-state index is 0.164. The number of nitro benzene ring substituents is 1. The second kappa shape index (κ2) is 6.06. The van der Waals surface area contributed by atoms with Gasteiger partial charge in [-0.3, -0.25) is 14.9 Å². The third-order valence-electron chi connectivity index (χ3n) is 2.72. The molecule has 1 atom stereocenters. The maximum atomic E-state index is 11.4. The van der Waals surface area contributed by atoms with Crippen LogP contribution in [0, 0.1) is 17.0 Å². The largest absolute Gasteiger partial charge is 0.473 e. The summed E-state index contributed by atoms with van der Waals surface area (Å²) in [7, 11) is -4.11. The molecule has 0 saturated heterocycles. The zero-order valence-electron chi connectivity index (χ0n) is 11.4. The molecule has 0 aliphatic heterocycles. The lowest BCUT2D eigenvalue weighted by molar-refractivity contribution is -0.386. The summed E-state index contributed by atoms with van der Waals surface area (Å²) in [6, 6.07) is 1.94. The van der Waals surface area contributed by atoms with Gasteiger partial charge in [-0.05, 0) is 25.0 Å². The molecule has 1 unspecified atom stereocenters. The van der Waals surface area contributed by atoms with Gasteiger partial charge >= 0.3 is 5.69 Å². The summed E-state index contributed by atoms with van der Waals surface area (Å²) in [5.41, 5.74) is 4.67. The number of hydrogen-bond acceptors (Lipinski definition) is 6. The Kier molecular flexibility index (Phi) is 4.86. The van der Waals surface area contributed by atoms with Crippen molar-refractivity contribution < 1.29 is 22.9 Å². The highest BCUT2D eigenvalue weighted by molar-refractivity contribution is 7.89. The Labute approximate surface area is 121 Å². The van der Waals surface area contributed by atoms with E-state index in [4.69, 9.17) is 15.6 Å². The Morgan fingerprint density at radius 2 is 2.05 bits per heavy atom. The Balaban J connectivity index is 3.43. The molecule has 0 aromatic heterocycles. The van der Waals surface area contributed by atoms with Crippen LogP contribution in [0.1, 0.15) is 18.9 Å². The number of sulfonamides is 1. The number of carbonyl (C=O) groups excluding carboxylic acids is 1. The number of amides is 1. The zero-order valence-corrected chi connectivity index (χ0v) is 12.2. The molecular formula is C11H15N3O6S. The molecule has 1 amide bonds. The Morgan fingerprint density at radius 1 is 1.48 bits per heavy atom. The normalized spacial score (nSPS) is 12.7. The summed E-state index contributed by atoms with van der Waals surface area (Å²) in [4.78, 5) is 21.0. The van der Waals surface area contributed by atoms with Crippen molar-refractivity contribution >= 4 is 21.6 Å². The average molecular weight is 317 g/mol. The topological polar surface area (TPSA) is 156 Å². The van der Waals surface area contributed by atoms with Gasteiger partial charge in [-0.25, -0.2) is 13.6 Å². The molecule has 21 heavy (non-hydrogen) atoms. The van der Waals surface area contributed by atoms with Crippen LogP contribution in [0.25, 0.3) is 0 Å². The van der Waals surface area contributed by atoms with E-state index < -0.39 is 32.6 Å². The van der Waals surface area contributed by atoms with Crippen LogP contribution in [0.15, 0.2) is 17.0 Å². The fraction of sp³-hybridized carbons (Fsp3) is 0.364. The lowest BCUT2D eigenvalue weighted by Gasteiger charge is -2.15. The van der Waals surface area contributed by atoms with Gasteiger partial charge in [-0.15, -0.1) is 0 Å². The predicted molar refractivity (Wildman–Crippen MR) is 73.1 cm³/mol. The van der Waals surface area contributed by atoms with E-state index in [2.05, 4.69) is 0 Å². The molecule has 116 valence electrons. The van der Waals surface area contributed by atoms with E-state index in [1.165, 1.54) is 6.92 Å². The molecule has 0 aliphatic carbocycles. The number of hydrogen-bond donors (Lipinski definition) is 2. The molecule has 1 rings (SSSR count). The number of ether oxygens (including phenoxy) is 1. The number of primary amides is 1. The Morgan fingerprint density at radius 3 is 2.43 bits per heavy atom. The van der Waals surface area contributed by atoms with Crippen LogP contribution in [0.3, 0.4) is 0 Å². The third kappa shape index (κ3) is 3.89. The van der Waals surface area contributed by atoms with Gasteiger partial charge in [0, 0.05) is 6.07 Å². The highest BCUT2D eigenvalue weighted by Crippen LogP contribution is 2.33. The number of primary sulfonamides is 1. The van der Waals surface area contributed by atoms with E-state index in [9.17, 15) is 23.3 Å². The van der Waals surface area contributed by atoms with Gasteiger partial charge in [0.2, 0.25) is 10.0 Å². The van der Waals surface area contributed by atoms with Crippen molar-refractivity contribution in [2.75, 3.05) is 0 Å². The van der Waals surface area contributed by atoms with Crippen molar-refractivity contribution in [3.05, 3.63) is 27.8 Å². The first-order chi connectivity index (χ1) is 9.57. The first kappa shape index (κ1) is 16.9. The zero-order chi connectivity index (χ0) is 16.4. The van der Waals surface area contributed by atoms with E-state index in [-0.39, 0.29) is 22.6 Å². The second-order valence-corrected chi connectivity index (χ2v) is 5.83. The monoisotopic (exact) mass is 317 g/mol. The highest BCUT2D eigenvalue weighted by Gasteiger charge is 2.26. The summed E-state index contributed by atoms with van der Waals surface area (Å²) >= 11 is 0. The molecule has 9 nitrogen and oxygen atoms in total. The van der Waals surface area contributed by atoms with Crippen molar-refractivity contribution in [2.45, 2.75) is 31.3 Å². The van der Waals surface area contributed by atoms with Crippen molar-refractivity contribution in [3.8, 4) is 5.75 Å². The summed E-state index contributed by atoms with van der Waals surface area (Å²) in [6.45, 7) is 3.02. The smallest absolute Gasteiger partial charge is 0.312 e. The minimum Gasteiger partial charge on any atom is -0.473 e. The summed E-state index contributed by atoms with van der Waals surface area (Å²) in [6.07, 6.45) is -0.842. The fourth-order valence-electron chi connectivity index (χ4n) is 1.69. The predicted octanol–water partition coefficient (Wildman–Crippen LogP) is 0.193. The lowest BCUT2D eigenvalue weighted by atomic mass is 10.2. The molecule has 0 spiro atoms. The van der Waals surface area contributed by atoms with Gasteiger partial charge in [-0.1, -0.05) is 6.92 Å². The number of benzene rings is 1. The van der Waals surface area contributed by atoms with Crippen LogP contribution in [0.4, 0.5) is 5.69 Å². The Hall–Kier alpha value is -2.20. The number of carbonyl (C=O) groups is 1. The maximum Gasteiger partial charge on any atom is 0.312 e. The summed E-state index contributed by atoms with van der Waals surface area (Å²) in [5.74, 6) is -1.02. The van der Waals surface area contributed by atoms with Crippen molar-refractivity contribution in [2.24, 2.45) is 10.9 Å². The van der Waals surface area contributed by atoms with Gasteiger partial charge in [0.15, 0.2) is 11.9 Å². The number of rotatable bonds is 6. The molecule has 0 aliphatic rings. The van der Waals surface area contributed by atoms with Gasteiger partial charge in [0.05, 0.1) is 9.82 Å². The van der Waals surface area contributed by atoms with E-state index >= 15 is 0 Å². The Bertz CT molecular complexity index is 685. The lowest BCUT2D eigenvalue weighted by Crippen LogP contribution is -2.33. The van der Waals surface area contributed by atoms with Crippen molar-refractivity contribution in [1.82, 2.24) is 0 Å². The highest BCUT2D eigenvalue weighted by atomic mass is 32.2. The molecule has 0 fully saturated rings. The summed E-state index contributed by atoms with van der Waals surface area (Å²) < 4.78 is 27.9. The molecule has 0 heterocycles. The minimum atomic E-state index is -4.11. The molecule has 10 heteroatoms. The van der Waals surface area contributed by atoms with E-state index in [0.29, 0.717) is 0 Å². The molecule has 0 radical (unpaired) electrons. The molecular weight excluding hydrogens is 302 g/mol. The molecule has 1 aromatic rings. The number of nitrogens with two attached hydrogens (primary N) is 2. The van der Waals surface area contributed by atoms with Gasteiger partial charge in [-0.2, -0.15) is 0 Å². The molecule has 1 aromatic carbocycles. The number of nitro groups is 1. The third-order valence-corrected chi connectivity index (χ3v) is 3.77. The molecule has 0 bridgehead atoms. The van der Waals surface area contributed by atoms with Gasteiger partial charge < -0.3 is 10.5 Å². The average Bonchev–Trinajstić information content (AvgIpc) is 2.33. The quantitative estimate of drug-likeness (QED) is 0.563. The van der Waals surface area contributed by atoms with Crippen LogP contribution in [0.2, 0.25) is 0 Å². The van der Waals surface area contributed by atoms with Crippen LogP contribution >= 0.6 is 0 Å². The van der Waals surface area contributed by atoms with E-state index in [1.807, 2.05) is 0 Å². The number of aryl methyl sites for hydroxylation is 1. The van der Waals surface area contributed by atoms with Crippen LogP contribution in [0.5, 0.6) is 5.75 Å². The van der Waals surface area contributed by atoms with E-state index in [0.717, 1.165) is 12.1 Å². The van der Waals surface area contributed by atoms with E-state index in [1.54, 1.807) is 6.92 Å². The van der Waals surface area contributed by atoms with Crippen LogP contribution < -0.4 is 15.6 Å². The first-order valence-corrected chi connectivity index (χ1v) is 7.40. The van der Waals surface area contributed by atoms with Crippen molar-refractivity contribution in [3.63, 3.8) is 0 Å². The molecule has 0 saturated carbocycles. The standard InChI is InChI=1S/C11H15N3O6S/c1-3-8(11(12)15)20-9-4-6(2)10(21(13,18)19)5-7(9)14(16)17/h4-5,8H,3H2,1-2H3,(H2,12,15)(H2,13,18,19). The first-order valence-electron chi connectivity index (χ1n) is 5.85. The summed E-state index contributed by atoms with van der Waals surface area (Å²) in [5, 5.41) is 16.0. The van der Waals surface area contributed by atoms with Crippen molar-refractivity contribution in [1.29, 1.82) is 0 Å². The van der Waals surface area contributed by atoms with Crippen LogP contribution in [-0.2, 0) is 14.8 Å². The fourth-order valence-corrected chi connectivity index (χ4v) is 2.47. The second-order valence-electron chi connectivity index (χ2n) is 4.30. The van der Waals surface area contributed by atoms with Gasteiger partial charge in [0.1, 0.15) is 0 Å². The number of nitrogens with zero attached hydrogens (tertiary/aromatic N) is 1. The maximum absolute atomic E-state index is 11.4.